The van der Waals surface area contributed by atoms with Gasteiger partial charge in [-0.2, -0.15) is 0 Å². The first kappa shape index (κ1) is 10.2. The molecule has 0 bridgehead atoms. The monoisotopic (exact) mass is 160 g/mol. The summed E-state index contributed by atoms with van der Waals surface area (Å²) in [5.41, 5.74) is 0. The van der Waals surface area contributed by atoms with E-state index in [0.717, 1.165) is 0 Å². The molecule has 0 aromatic rings. The van der Waals surface area contributed by atoms with Gasteiger partial charge in [0.05, 0.1) is 6.61 Å². The molecule has 4 heteroatoms. The van der Waals surface area contributed by atoms with Gasteiger partial charge in [-0.1, -0.05) is 6.92 Å². The molecule has 2 N–H and O–H groups in total. The molecule has 0 aliphatic heterocycles. The topological polar surface area (TPSA) is 50.4 Å². The Hall–Kier alpha value is -0.770. The molecule has 0 spiro atoms. The summed E-state index contributed by atoms with van der Waals surface area (Å²) < 4.78 is 4.90. The lowest BCUT2D eigenvalue weighted by molar-refractivity contribution is 0.158. The van der Waals surface area contributed by atoms with Gasteiger partial charge >= 0.3 is 6.03 Å². The SMILES string of the molecule is CNC(=O)NCC(C)COC. The lowest BCUT2D eigenvalue weighted by atomic mass is 10.2. The highest BCUT2D eigenvalue weighted by atomic mass is 16.5. The van der Waals surface area contributed by atoms with Crippen LogP contribution in [0.2, 0.25) is 0 Å². The predicted octanol–water partition coefficient (Wildman–Crippen LogP) is 0.198. The lowest BCUT2D eigenvalue weighted by Crippen LogP contribution is -2.36. The van der Waals surface area contributed by atoms with Gasteiger partial charge in [0, 0.05) is 20.7 Å². The number of methoxy groups -OCH3 is 1. The summed E-state index contributed by atoms with van der Waals surface area (Å²) >= 11 is 0. The average Bonchev–Trinajstić information content (AvgIpc) is 2.01. The third-order valence-corrected chi connectivity index (χ3v) is 1.29. The zero-order valence-corrected chi connectivity index (χ0v) is 7.31. The molecule has 4 nitrogen and oxygen atoms in total. The van der Waals surface area contributed by atoms with Crippen LogP contribution in [0.5, 0.6) is 0 Å². The molecule has 0 aromatic heterocycles. The van der Waals surface area contributed by atoms with E-state index in [-0.39, 0.29) is 6.03 Å². The maximum Gasteiger partial charge on any atom is 0.314 e. The standard InChI is InChI=1S/C7H16N2O2/c1-6(5-11-3)4-9-7(10)8-2/h6H,4-5H2,1-3H3,(H2,8,9,10). The smallest absolute Gasteiger partial charge is 0.314 e. The second-order valence-corrected chi connectivity index (χ2v) is 2.52. The summed E-state index contributed by atoms with van der Waals surface area (Å²) in [5.74, 6) is 0.359. The summed E-state index contributed by atoms with van der Waals surface area (Å²) in [6, 6.07) is -0.145. The molecule has 2 amide bonds. The van der Waals surface area contributed by atoms with E-state index in [1.165, 1.54) is 0 Å². The molecule has 0 heterocycles. The highest BCUT2D eigenvalue weighted by Crippen LogP contribution is 1.91. The first-order valence-corrected chi connectivity index (χ1v) is 3.65. The Morgan fingerprint density at radius 1 is 1.64 bits per heavy atom. The summed E-state index contributed by atoms with van der Waals surface area (Å²) in [6.07, 6.45) is 0. The number of hydrogen-bond acceptors (Lipinski definition) is 2. The van der Waals surface area contributed by atoms with Gasteiger partial charge in [-0.3, -0.25) is 0 Å². The van der Waals surface area contributed by atoms with Gasteiger partial charge in [0.2, 0.25) is 0 Å². The first-order valence-electron chi connectivity index (χ1n) is 3.65. The quantitative estimate of drug-likeness (QED) is 0.617. The largest absolute Gasteiger partial charge is 0.384 e. The number of urea groups is 1. The summed E-state index contributed by atoms with van der Waals surface area (Å²) in [4.78, 5) is 10.7. The van der Waals surface area contributed by atoms with Crippen LogP contribution in [-0.2, 0) is 4.74 Å². The molecular formula is C7H16N2O2. The Morgan fingerprint density at radius 3 is 2.73 bits per heavy atom. The van der Waals surface area contributed by atoms with Crippen LogP contribution >= 0.6 is 0 Å². The Morgan fingerprint density at radius 2 is 2.27 bits per heavy atom. The second-order valence-electron chi connectivity index (χ2n) is 2.52. The second kappa shape index (κ2) is 5.97. The highest BCUT2D eigenvalue weighted by molar-refractivity contribution is 5.73. The number of ether oxygens (including phenoxy) is 1. The van der Waals surface area contributed by atoms with Crippen molar-refractivity contribution in [1.29, 1.82) is 0 Å². The molecule has 0 fully saturated rings. The van der Waals surface area contributed by atoms with Gasteiger partial charge in [0.25, 0.3) is 0 Å². The molecule has 11 heavy (non-hydrogen) atoms. The zero-order valence-electron chi connectivity index (χ0n) is 7.31. The van der Waals surface area contributed by atoms with E-state index in [1.807, 2.05) is 6.92 Å². The van der Waals surface area contributed by atoms with Gasteiger partial charge in [-0.25, -0.2) is 4.79 Å². The predicted molar refractivity (Wildman–Crippen MR) is 43.5 cm³/mol. The van der Waals surface area contributed by atoms with E-state index in [2.05, 4.69) is 10.6 Å². The van der Waals surface area contributed by atoms with E-state index < -0.39 is 0 Å². The van der Waals surface area contributed by atoms with E-state index in [9.17, 15) is 4.79 Å². The number of rotatable bonds is 4. The van der Waals surface area contributed by atoms with E-state index in [1.54, 1.807) is 14.2 Å². The number of carbonyl (C=O) groups is 1. The van der Waals surface area contributed by atoms with Crippen molar-refractivity contribution in [1.82, 2.24) is 10.6 Å². The number of nitrogens with one attached hydrogen (secondary N) is 2. The van der Waals surface area contributed by atoms with Crippen LogP contribution in [-0.4, -0.2) is 33.3 Å². The van der Waals surface area contributed by atoms with E-state index >= 15 is 0 Å². The van der Waals surface area contributed by atoms with Crippen molar-refractivity contribution in [3.63, 3.8) is 0 Å². The van der Waals surface area contributed by atoms with E-state index in [0.29, 0.717) is 19.1 Å². The van der Waals surface area contributed by atoms with Gasteiger partial charge in [0.1, 0.15) is 0 Å². The van der Waals surface area contributed by atoms with Crippen LogP contribution in [0.25, 0.3) is 0 Å². The van der Waals surface area contributed by atoms with Gasteiger partial charge in [-0.15, -0.1) is 0 Å². The maximum absolute atomic E-state index is 10.7. The molecule has 0 radical (unpaired) electrons. The normalized spacial score (nSPS) is 12.3. The zero-order chi connectivity index (χ0) is 8.69. The highest BCUT2D eigenvalue weighted by Gasteiger charge is 2.02. The molecule has 0 aliphatic rings. The van der Waals surface area contributed by atoms with Crippen molar-refractivity contribution in [3.05, 3.63) is 0 Å². The fraction of sp³-hybridized carbons (Fsp3) is 0.857. The van der Waals surface area contributed by atoms with Crippen molar-refractivity contribution < 1.29 is 9.53 Å². The summed E-state index contributed by atoms with van der Waals surface area (Å²) in [6.45, 7) is 3.33. The minimum Gasteiger partial charge on any atom is -0.384 e. The van der Waals surface area contributed by atoms with Crippen LogP contribution in [0.3, 0.4) is 0 Å². The van der Waals surface area contributed by atoms with Crippen LogP contribution < -0.4 is 10.6 Å². The van der Waals surface area contributed by atoms with Gasteiger partial charge in [0.15, 0.2) is 0 Å². The first-order chi connectivity index (χ1) is 5.20. The average molecular weight is 160 g/mol. The van der Waals surface area contributed by atoms with Crippen LogP contribution in [0.1, 0.15) is 6.92 Å². The Kier molecular flexibility index (Phi) is 5.56. The Labute approximate surface area is 67.3 Å². The lowest BCUT2D eigenvalue weighted by Gasteiger charge is -2.10. The molecule has 0 saturated carbocycles. The fourth-order valence-corrected chi connectivity index (χ4v) is 0.699. The molecule has 1 atom stereocenters. The minimum atomic E-state index is -0.145. The third kappa shape index (κ3) is 5.66. The van der Waals surface area contributed by atoms with Crippen molar-refractivity contribution in [2.24, 2.45) is 5.92 Å². The van der Waals surface area contributed by atoms with Crippen molar-refractivity contribution in [2.75, 3.05) is 27.3 Å². The maximum atomic E-state index is 10.7. The van der Waals surface area contributed by atoms with Crippen molar-refractivity contribution >= 4 is 6.03 Å². The van der Waals surface area contributed by atoms with Crippen molar-refractivity contribution in [3.8, 4) is 0 Å². The molecule has 0 aliphatic carbocycles. The van der Waals surface area contributed by atoms with Crippen LogP contribution in [0.4, 0.5) is 4.79 Å². The Bertz CT molecular complexity index is 117. The minimum absolute atomic E-state index is 0.145. The van der Waals surface area contributed by atoms with Crippen molar-refractivity contribution in [2.45, 2.75) is 6.92 Å². The number of hydrogen-bond donors (Lipinski definition) is 2. The fourth-order valence-electron chi connectivity index (χ4n) is 0.699. The van der Waals surface area contributed by atoms with Gasteiger partial charge < -0.3 is 15.4 Å². The third-order valence-electron chi connectivity index (χ3n) is 1.29. The van der Waals surface area contributed by atoms with E-state index in [4.69, 9.17) is 4.74 Å². The number of amides is 2. The molecule has 1 unspecified atom stereocenters. The molecular weight excluding hydrogens is 144 g/mol. The van der Waals surface area contributed by atoms with Crippen LogP contribution in [0.15, 0.2) is 0 Å². The summed E-state index contributed by atoms with van der Waals surface area (Å²) in [5, 5.41) is 5.16. The summed E-state index contributed by atoms with van der Waals surface area (Å²) in [7, 11) is 3.24. The molecule has 66 valence electrons. The Balaban J connectivity index is 3.29. The molecule has 0 aromatic carbocycles. The van der Waals surface area contributed by atoms with Gasteiger partial charge in [-0.05, 0) is 5.92 Å². The number of carbonyl (C=O) groups excluding carboxylic acids is 1. The molecule has 0 rings (SSSR count). The van der Waals surface area contributed by atoms with Crippen LogP contribution in [0, 0.1) is 5.92 Å². The molecule has 0 saturated heterocycles.